The monoisotopic (exact) mass is 540 g/mol. The Kier molecular flexibility index (Phi) is 6.65. The molecule has 6 aliphatic rings. The first kappa shape index (κ1) is 27.2. The zero-order valence-corrected chi connectivity index (χ0v) is 23.9. The lowest BCUT2D eigenvalue weighted by Crippen LogP contribution is -2.61. The fourth-order valence-electron chi connectivity index (χ4n) is 9.60. The molecule has 7 heteroatoms. The Morgan fingerprint density at radius 2 is 1.82 bits per heavy atom. The van der Waals surface area contributed by atoms with Crippen LogP contribution in [0.25, 0.3) is 0 Å². The third kappa shape index (κ3) is 3.85. The predicted molar refractivity (Wildman–Crippen MR) is 143 cm³/mol. The van der Waals surface area contributed by atoms with Gasteiger partial charge in [0.15, 0.2) is 24.3 Å². The molecule has 0 aromatic carbocycles. The number of hydrogen-bond donors (Lipinski definition) is 1. The van der Waals surface area contributed by atoms with E-state index in [1.54, 1.807) is 19.9 Å². The van der Waals surface area contributed by atoms with Crippen molar-refractivity contribution in [3.8, 4) is 0 Å². The fraction of sp³-hybridized carbons (Fsp3) is 0.781. The van der Waals surface area contributed by atoms with Crippen LogP contribution in [0.3, 0.4) is 0 Å². The number of rotatable bonds is 5. The van der Waals surface area contributed by atoms with Crippen molar-refractivity contribution in [2.24, 2.45) is 40.4 Å². The number of Topliss-reactive ketones (excluding diaryl/α,β-unsaturated/α-hetero) is 1. The molecular weight excluding hydrogens is 496 g/mol. The molecule has 214 valence electrons. The van der Waals surface area contributed by atoms with Gasteiger partial charge in [-0.2, -0.15) is 0 Å². The SMILES string of the molecule is CC(C)C(=O)OCC(=O)[C@@]12O[C@H](C3CCCCC3)O[C@H]1C[C@H]1[C@@H]3CCC4=CC(=O)C=C(O)[C@]4(C)[C@H]3CC[C@@]12C. The minimum atomic E-state index is -1.14. The smallest absolute Gasteiger partial charge is 0.308 e. The van der Waals surface area contributed by atoms with Gasteiger partial charge in [0, 0.05) is 22.8 Å². The normalized spacial score (nSPS) is 43.6. The lowest BCUT2D eigenvalue weighted by atomic mass is 9.46. The predicted octanol–water partition coefficient (Wildman–Crippen LogP) is 5.62. The Morgan fingerprint density at radius 1 is 1.08 bits per heavy atom. The van der Waals surface area contributed by atoms with Crippen LogP contribution in [0.1, 0.15) is 91.9 Å². The maximum absolute atomic E-state index is 14.2. The van der Waals surface area contributed by atoms with Gasteiger partial charge >= 0.3 is 5.97 Å². The fourth-order valence-corrected chi connectivity index (χ4v) is 9.60. The Morgan fingerprint density at radius 3 is 2.54 bits per heavy atom. The topological polar surface area (TPSA) is 99.1 Å². The first-order valence-electron chi connectivity index (χ1n) is 15.2. The number of ether oxygens (including phenoxy) is 3. The Hall–Kier alpha value is -1.99. The number of hydrogen-bond acceptors (Lipinski definition) is 7. The highest BCUT2D eigenvalue weighted by molar-refractivity contribution is 6.01. The van der Waals surface area contributed by atoms with Gasteiger partial charge in [0.05, 0.1) is 12.0 Å². The number of fused-ring (bicyclic) bond motifs is 7. The van der Waals surface area contributed by atoms with Gasteiger partial charge in [-0.05, 0) is 75.7 Å². The summed E-state index contributed by atoms with van der Waals surface area (Å²) in [7, 11) is 0. The Bertz CT molecular complexity index is 1120. The van der Waals surface area contributed by atoms with Crippen LogP contribution in [0.2, 0.25) is 0 Å². The number of allylic oxidation sites excluding steroid dienone is 3. The summed E-state index contributed by atoms with van der Waals surface area (Å²) in [5.41, 5.74) is -1.12. The molecule has 39 heavy (non-hydrogen) atoms. The van der Waals surface area contributed by atoms with Gasteiger partial charge in [-0.3, -0.25) is 14.4 Å². The number of aliphatic hydroxyl groups excluding tert-OH is 1. The Balaban J connectivity index is 1.33. The van der Waals surface area contributed by atoms with Crippen molar-refractivity contribution < 1.29 is 33.7 Å². The van der Waals surface area contributed by atoms with Crippen LogP contribution >= 0.6 is 0 Å². The summed E-state index contributed by atoms with van der Waals surface area (Å²) >= 11 is 0. The van der Waals surface area contributed by atoms with E-state index < -0.39 is 22.7 Å². The van der Waals surface area contributed by atoms with E-state index in [9.17, 15) is 19.5 Å². The molecule has 7 nitrogen and oxygen atoms in total. The summed E-state index contributed by atoms with van der Waals surface area (Å²) < 4.78 is 19.1. The molecule has 6 rings (SSSR count). The van der Waals surface area contributed by atoms with E-state index in [0.29, 0.717) is 0 Å². The number of carbonyl (C=O) groups is 3. The molecule has 0 aromatic heterocycles. The van der Waals surface area contributed by atoms with Gasteiger partial charge in [-0.25, -0.2) is 0 Å². The van der Waals surface area contributed by atoms with Crippen LogP contribution < -0.4 is 0 Å². The molecule has 0 unspecified atom stereocenters. The van der Waals surface area contributed by atoms with Gasteiger partial charge in [0.2, 0.25) is 5.78 Å². The molecule has 0 amide bonds. The zero-order valence-electron chi connectivity index (χ0n) is 23.9. The van der Waals surface area contributed by atoms with E-state index >= 15 is 0 Å². The highest BCUT2D eigenvalue weighted by Gasteiger charge is 2.75. The second-order valence-corrected chi connectivity index (χ2v) is 13.8. The van der Waals surface area contributed by atoms with Crippen molar-refractivity contribution in [1.29, 1.82) is 0 Å². The standard InChI is InChI=1S/C32H44O7/c1-18(2)28(36)37-17-26(35)32-27(38-29(39-32)19-8-6-5-7-9-19)16-24-22-11-10-20-14-21(33)15-25(34)31(20,4)23(22)12-13-30(24,32)3/h14-15,18-19,22-24,27,29,34H,5-13,16-17H2,1-4H3/t22-,23+,24+,27+,29-,30+,31+,32-/m1/s1. The van der Waals surface area contributed by atoms with Crippen molar-refractivity contribution in [3.05, 3.63) is 23.5 Å². The van der Waals surface area contributed by atoms with Crippen LogP contribution in [-0.2, 0) is 28.6 Å². The molecule has 0 radical (unpaired) electrons. The molecule has 5 aliphatic carbocycles. The summed E-state index contributed by atoms with van der Waals surface area (Å²) in [6, 6.07) is 0. The summed E-state index contributed by atoms with van der Waals surface area (Å²) in [6.07, 6.45) is 12.0. The lowest BCUT2D eigenvalue weighted by molar-refractivity contribution is -0.198. The van der Waals surface area contributed by atoms with Gasteiger partial charge in [-0.15, -0.1) is 0 Å². The average molecular weight is 541 g/mol. The number of ketones is 2. The second-order valence-electron chi connectivity index (χ2n) is 13.8. The first-order chi connectivity index (χ1) is 18.5. The number of esters is 1. The number of carbonyl (C=O) groups excluding carboxylic acids is 3. The minimum Gasteiger partial charge on any atom is -0.511 e. The lowest BCUT2D eigenvalue weighted by Gasteiger charge is -2.58. The Labute approximate surface area is 231 Å². The molecule has 0 bridgehead atoms. The molecule has 1 heterocycles. The van der Waals surface area contributed by atoms with Gasteiger partial charge < -0.3 is 19.3 Å². The summed E-state index contributed by atoms with van der Waals surface area (Å²) in [4.78, 5) is 38.8. The van der Waals surface area contributed by atoms with Crippen molar-refractivity contribution in [1.82, 2.24) is 0 Å². The van der Waals surface area contributed by atoms with Crippen molar-refractivity contribution in [3.63, 3.8) is 0 Å². The highest BCUT2D eigenvalue weighted by Crippen LogP contribution is 2.70. The van der Waals surface area contributed by atoms with Crippen molar-refractivity contribution in [2.75, 3.05) is 6.61 Å². The van der Waals surface area contributed by atoms with Gasteiger partial charge in [-0.1, -0.05) is 45.6 Å². The molecule has 5 fully saturated rings. The molecule has 1 N–H and O–H groups in total. The third-order valence-electron chi connectivity index (χ3n) is 11.7. The summed E-state index contributed by atoms with van der Waals surface area (Å²) in [5, 5.41) is 11.1. The quantitative estimate of drug-likeness (QED) is 0.452. The molecule has 4 saturated carbocycles. The highest BCUT2D eigenvalue weighted by atomic mass is 16.7. The number of aliphatic hydroxyl groups is 1. The summed E-state index contributed by atoms with van der Waals surface area (Å²) in [5.74, 6) is 0.0897. The van der Waals surface area contributed by atoms with E-state index in [-0.39, 0.29) is 65.6 Å². The molecular formula is C32H44O7. The van der Waals surface area contributed by atoms with Gasteiger partial charge in [0.1, 0.15) is 5.76 Å². The second kappa shape index (κ2) is 9.54. The van der Waals surface area contributed by atoms with E-state index in [4.69, 9.17) is 14.2 Å². The molecule has 0 spiro atoms. The van der Waals surface area contributed by atoms with Crippen LogP contribution in [-0.4, -0.2) is 47.2 Å². The minimum absolute atomic E-state index is 0.134. The maximum Gasteiger partial charge on any atom is 0.308 e. The van der Waals surface area contributed by atoms with E-state index in [1.165, 1.54) is 12.5 Å². The van der Waals surface area contributed by atoms with Crippen LogP contribution in [0.4, 0.5) is 0 Å². The van der Waals surface area contributed by atoms with Crippen LogP contribution in [0.15, 0.2) is 23.5 Å². The zero-order chi connectivity index (χ0) is 27.7. The van der Waals surface area contributed by atoms with Gasteiger partial charge in [0.25, 0.3) is 0 Å². The third-order valence-corrected chi connectivity index (χ3v) is 11.7. The van der Waals surface area contributed by atoms with Crippen molar-refractivity contribution >= 4 is 17.5 Å². The average Bonchev–Trinajstić information content (AvgIpc) is 3.41. The molecule has 1 saturated heterocycles. The van der Waals surface area contributed by atoms with Crippen molar-refractivity contribution in [2.45, 2.75) is 110 Å². The maximum atomic E-state index is 14.2. The van der Waals surface area contributed by atoms with E-state index in [1.807, 2.05) is 0 Å². The molecule has 1 aliphatic heterocycles. The van der Waals surface area contributed by atoms with E-state index in [0.717, 1.165) is 63.4 Å². The largest absolute Gasteiger partial charge is 0.511 e. The molecule has 8 atom stereocenters. The van der Waals surface area contributed by atoms with Crippen LogP contribution in [0, 0.1) is 40.4 Å². The molecule has 0 aromatic rings. The van der Waals surface area contributed by atoms with E-state index in [2.05, 4.69) is 13.8 Å². The first-order valence-corrected chi connectivity index (χ1v) is 15.2. The van der Waals surface area contributed by atoms with Crippen LogP contribution in [0.5, 0.6) is 0 Å². The summed E-state index contributed by atoms with van der Waals surface area (Å²) in [6.45, 7) is 7.54.